The van der Waals surface area contributed by atoms with Gasteiger partial charge < -0.3 is 40.1 Å². The number of nitrogens with zero attached hydrogens (tertiary/aromatic N) is 3. The third-order valence-corrected chi connectivity index (χ3v) is 11.4. The minimum atomic E-state index is -1.20. The largest absolute Gasteiger partial charge is 0.481 e. The zero-order chi connectivity index (χ0) is 47.5. The van der Waals surface area contributed by atoms with Gasteiger partial charge in [0.15, 0.2) is 0 Å². The van der Waals surface area contributed by atoms with Crippen LogP contribution in [0.4, 0.5) is 0 Å². The fourth-order valence-corrected chi connectivity index (χ4v) is 8.24. The molecular weight excluding hydrogens is 849 g/mol. The molecule has 0 unspecified atom stereocenters. The van der Waals surface area contributed by atoms with Gasteiger partial charge in [-0.15, -0.1) is 0 Å². The Hall–Kier alpha value is -7.45. The molecule has 0 atom stereocenters. The van der Waals surface area contributed by atoms with Crippen LogP contribution in [0.5, 0.6) is 0 Å². The first-order chi connectivity index (χ1) is 32.6. The van der Waals surface area contributed by atoms with Crippen LogP contribution < -0.4 is 5.73 Å². The van der Waals surface area contributed by atoms with Crippen molar-refractivity contribution in [3.05, 3.63) is 215 Å². The Morgan fingerprint density at radius 3 is 0.970 bits per heavy atom. The predicted molar refractivity (Wildman–Crippen MR) is 253 cm³/mol. The van der Waals surface area contributed by atoms with Gasteiger partial charge in [-0.3, -0.25) is 24.0 Å². The Labute approximate surface area is 391 Å². The zero-order valence-corrected chi connectivity index (χ0v) is 37.3. The van der Waals surface area contributed by atoms with Gasteiger partial charge in [0.05, 0.1) is 45.9 Å². The van der Waals surface area contributed by atoms with E-state index in [1.54, 1.807) is 0 Å². The van der Waals surface area contributed by atoms with E-state index >= 15 is 0 Å². The van der Waals surface area contributed by atoms with Crippen LogP contribution in [0.3, 0.4) is 0 Å². The van der Waals surface area contributed by atoms with Gasteiger partial charge in [-0.25, -0.2) is 0 Å². The van der Waals surface area contributed by atoms with Crippen molar-refractivity contribution in [1.82, 2.24) is 14.7 Å². The quantitative estimate of drug-likeness (QED) is 0.0596. The molecule has 67 heavy (non-hydrogen) atoms. The summed E-state index contributed by atoms with van der Waals surface area (Å²) < 4.78 is 13.9. The summed E-state index contributed by atoms with van der Waals surface area (Å²) in [5, 5.41) is 19.1. The monoisotopic (exact) mass is 904 g/mol. The van der Waals surface area contributed by atoms with Crippen LogP contribution in [0.15, 0.2) is 182 Å². The molecule has 0 radical (unpaired) electrons. The number of hydrogen-bond donors (Lipinski definition) is 3. The molecular formula is C54H56N4O9. The molecule has 346 valence electrons. The van der Waals surface area contributed by atoms with Crippen molar-refractivity contribution in [2.45, 2.75) is 24.0 Å². The lowest BCUT2D eigenvalue weighted by Crippen LogP contribution is -2.51. The molecule has 4 N–H and O–H groups in total. The number of primary amides is 1. The molecule has 0 saturated carbocycles. The lowest BCUT2D eigenvalue weighted by Gasteiger charge is -2.37. The molecule has 13 heteroatoms. The molecule has 0 aromatic heterocycles. The van der Waals surface area contributed by atoms with E-state index in [-0.39, 0.29) is 32.8 Å². The third-order valence-electron chi connectivity index (χ3n) is 11.4. The second-order valence-corrected chi connectivity index (χ2v) is 15.8. The smallest absolute Gasteiger partial charge is 0.303 e. The van der Waals surface area contributed by atoms with Gasteiger partial charge >= 0.3 is 5.97 Å². The Kier molecular flexibility index (Phi) is 17.7. The highest BCUT2D eigenvalue weighted by Gasteiger charge is 2.39. The molecule has 13 nitrogen and oxygen atoms in total. The number of hydrogen-bond acceptors (Lipinski definition) is 8. The molecule has 4 amide bonds. The highest BCUT2D eigenvalue weighted by atomic mass is 16.5. The number of rotatable bonds is 25. The van der Waals surface area contributed by atoms with Gasteiger partial charge in [0, 0.05) is 26.1 Å². The fraction of sp³-hybridized carbons (Fsp3) is 0.241. The van der Waals surface area contributed by atoms with E-state index in [9.17, 15) is 34.2 Å². The first-order valence-corrected chi connectivity index (χ1v) is 22.1. The minimum absolute atomic E-state index is 0.0646. The highest BCUT2D eigenvalue weighted by molar-refractivity contribution is 5.90. The Morgan fingerprint density at radius 2 is 0.701 bits per heavy atom. The van der Waals surface area contributed by atoms with E-state index in [0.29, 0.717) is 0 Å². The van der Waals surface area contributed by atoms with Gasteiger partial charge in [0.2, 0.25) is 23.6 Å². The molecule has 0 fully saturated rings. The SMILES string of the molecule is NC(=O)CN(CCOC(c1ccccc1)(c1ccccc1)c1ccccc1)C(=O)CN(CCOC(c1ccccc1)(c1ccccc1)c1ccccc1)C(=O)CN(CCO)C(=O)CCC(=O)O. The third kappa shape index (κ3) is 12.5. The van der Waals surface area contributed by atoms with E-state index < -0.39 is 79.9 Å². The molecule has 0 bridgehead atoms. The summed E-state index contributed by atoms with van der Waals surface area (Å²) >= 11 is 0. The summed E-state index contributed by atoms with van der Waals surface area (Å²) in [4.78, 5) is 69.7. The second kappa shape index (κ2) is 24.2. The number of carbonyl (C=O) groups is 5. The standard InChI is InChI=1S/C54H56N4O9/c55-48(60)39-57(34-37-66-53(42-19-7-1-8-20-42,43-21-9-2-10-22-43)44-23-11-3-12-24-44)50(62)41-58(51(63)40-56(33-36-59)49(61)31-32-52(64)65)35-38-67-54(45-25-13-4-14-26-45,46-27-15-5-16-28-46)47-29-17-6-18-30-47/h1-30,59H,31-41H2,(H2,55,60)(H,64,65). The maximum atomic E-state index is 14.5. The summed E-state index contributed by atoms with van der Waals surface area (Å²) in [5.41, 5.74) is 8.38. The van der Waals surface area contributed by atoms with Gasteiger partial charge in [-0.05, 0) is 33.4 Å². The number of carbonyl (C=O) groups excluding carboxylic acids is 4. The van der Waals surface area contributed by atoms with Crippen LogP contribution in [0.25, 0.3) is 0 Å². The van der Waals surface area contributed by atoms with E-state index in [4.69, 9.17) is 15.2 Å². The lowest BCUT2D eigenvalue weighted by molar-refractivity contribution is -0.147. The summed E-state index contributed by atoms with van der Waals surface area (Å²) in [6, 6.07) is 57.9. The number of aliphatic carboxylic acids is 1. The van der Waals surface area contributed by atoms with Gasteiger partial charge in [-0.2, -0.15) is 0 Å². The van der Waals surface area contributed by atoms with E-state index in [1.807, 2.05) is 182 Å². The predicted octanol–water partition coefficient (Wildman–Crippen LogP) is 5.83. The average Bonchev–Trinajstić information content (AvgIpc) is 3.36. The topological polar surface area (TPSA) is 180 Å². The normalized spacial score (nSPS) is 11.4. The summed E-state index contributed by atoms with van der Waals surface area (Å²) in [7, 11) is 0. The molecule has 0 heterocycles. The highest BCUT2D eigenvalue weighted by Crippen LogP contribution is 2.41. The maximum absolute atomic E-state index is 14.5. The van der Waals surface area contributed by atoms with Crippen molar-refractivity contribution in [3.63, 3.8) is 0 Å². The molecule has 6 aromatic carbocycles. The number of carboxylic acid groups (broad SMARTS) is 1. The molecule has 0 aliphatic carbocycles. The van der Waals surface area contributed by atoms with Crippen molar-refractivity contribution < 1.29 is 43.7 Å². The van der Waals surface area contributed by atoms with Crippen LogP contribution in [0.1, 0.15) is 46.2 Å². The number of aliphatic hydroxyl groups is 1. The Balaban J connectivity index is 1.31. The second-order valence-electron chi connectivity index (χ2n) is 15.8. The average molecular weight is 905 g/mol. The van der Waals surface area contributed by atoms with Crippen LogP contribution in [-0.2, 0) is 44.6 Å². The van der Waals surface area contributed by atoms with Crippen molar-refractivity contribution >= 4 is 29.6 Å². The van der Waals surface area contributed by atoms with E-state index in [2.05, 4.69) is 0 Å². The number of aliphatic hydroxyl groups excluding tert-OH is 1. The van der Waals surface area contributed by atoms with E-state index in [0.717, 1.165) is 38.3 Å². The van der Waals surface area contributed by atoms with Crippen molar-refractivity contribution in [2.75, 3.05) is 59.1 Å². The lowest BCUT2D eigenvalue weighted by atomic mass is 9.80. The van der Waals surface area contributed by atoms with E-state index in [1.165, 1.54) is 9.80 Å². The zero-order valence-electron chi connectivity index (χ0n) is 37.3. The van der Waals surface area contributed by atoms with Crippen LogP contribution >= 0.6 is 0 Å². The van der Waals surface area contributed by atoms with Gasteiger partial charge in [0.1, 0.15) is 11.2 Å². The summed E-state index contributed by atoms with van der Waals surface area (Å²) in [6.07, 6.45) is -0.878. The Morgan fingerprint density at radius 1 is 0.418 bits per heavy atom. The van der Waals surface area contributed by atoms with Crippen molar-refractivity contribution in [1.29, 1.82) is 0 Å². The number of amides is 4. The minimum Gasteiger partial charge on any atom is -0.481 e. The first-order valence-electron chi connectivity index (χ1n) is 22.1. The fourth-order valence-electron chi connectivity index (χ4n) is 8.24. The van der Waals surface area contributed by atoms with Crippen LogP contribution in [-0.4, -0.2) is 114 Å². The molecule has 6 rings (SSSR count). The summed E-state index contributed by atoms with van der Waals surface area (Å²) in [6.45, 7) is -2.79. The van der Waals surface area contributed by atoms with Crippen molar-refractivity contribution in [3.8, 4) is 0 Å². The van der Waals surface area contributed by atoms with Crippen LogP contribution in [0.2, 0.25) is 0 Å². The molecule has 0 aliphatic heterocycles. The number of carboxylic acids is 1. The Bertz CT molecular complexity index is 2300. The number of nitrogens with two attached hydrogens (primary N) is 1. The van der Waals surface area contributed by atoms with Crippen molar-refractivity contribution in [2.24, 2.45) is 5.73 Å². The molecule has 0 aliphatic rings. The number of ether oxygens (including phenoxy) is 2. The van der Waals surface area contributed by atoms with Crippen LogP contribution in [0, 0.1) is 0 Å². The van der Waals surface area contributed by atoms with Gasteiger partial charge in [0.25, 0.3) is 0 Å². The number of benzene rings is 6. The molecule has 0 spiro atoms. The molecule has 6 aromatic rings. The maximum Gasteiger partial charge on any atom is 0.303 e. The summed E-state index contributed by atoms with van der Waals surface area (Å²) in [5.74, 6) is -3.95. The van der Waals surface area contributed by atoms with Gasteiger partial charge in [-0.1, -0.05) is 182 Å². The molecule has 0 saturated heterocycles. The first kappa shape index (κ1) is 49.0.